The summed E-state index contributed by atoms with van der Waals surface area (Å²) >= 11 is 0. The van der Waals surface area contributed by atoms with Crippen LogP contribution in [0.4, 0.5) is 29.3 Å². The Morgan fingerprint density at radius 3 is 2.33 bits per heavy atom. The first-order chi connectivity index (χ1) is 12.6. The fraction of sp³-hybridized carbons (Fsp3) is 0.188. The SMILES string of the molecule is Cc1cc(C[N+]2(c3ccc(C(F)(F)F)cc3)N=NNC2=O)ccc1[N+](=O)[O-]. The van der Waals surface area contributed by atoms with Crippen LogP contribution in [-0.4, -0.2) is 11.0 Å². The number of aryl methyl sites for hydroxylation is 1. The van der Waals surface area contributed by atoms with Crippen LogP contribution in [-0.2, 0) is 12.7 Å². The van der Waals surface area contributed by atoms with Gasteiger partial charge in [0.15, 0.2) is 5.69 Å². The average molecular weight is 380 g/mol. The minimum atomic E-state index is -4.51. The van der Waals surface area contributed by atoms with Crippen molar-refractivity contribution < 1.29 is 22.9 Å². The van der Waals surface area contributed by atoms with E-state index in [4.69, 9.17) is 0 Å². The van der Waals surface area contributed by atoms with E-state index < -0.39 is 27.3 Å². The van der Waals surface area contributed by atoms with Crippen LogP contribution in [0.2, 0.25) is 0 Å². The van der Waals surface area contributed by atoms with Gasteiger partial charge in [-0.15, -0.1) is 0 Å². The summed E-state index contributed by atoms with van der Waals surface area (Å²) in [6, 6.07) is 7.69. The number of halogens is 3. The molecule has 0 bridgehead atoms. The molecule has 2 amide bonds. The van der Waals surface area contributed by atoms with Gasteiger partial charge >= 0.3 is 12.2 Å². The van der Waals surface area contributed by atoms with Crippen LogP contribution in [0, 0.1) is 17.0 Å². The number of benzene rings is 2. The molecule has 3 rings (SSSR count). The van der Waals surface area contributed by atoms with Gasteiger partial charge in [0.2, 0.25) is 0 Å². The molecule has 27 heavy (non-hydrogen) atoms. The van der Waals surface area contributed by atoms with Crippen LogP contribution in [0.1, 0.15) is 16.7 Å². The van der Waals surface area contributed by atoms with Crippen molar-refractivity contribution in [3.63, 3.8) is 0 Å². The highest BCUT2D eigenvalue weighted by molar-refractivity contribution is 5.87. The number of quaternary nitrogens is 1. The Morgan fingerprint density at radius 2 is 1.85 bits per heavy atom. The molecular formula is C16H13F3N5O3+. The molecule has 2 aromatic carbocycles. The number of hydrogen-bond donors (Lipinski definition) is 1. The van der Waals surface area contributed by atoms with Crippen molar-refractivity contribution in [1.29, 1.82) is 0 Å². The van der Waals surface area contributed by atoms with E-state index in [1.807, 2.05) is 0 Å². The smallest absolute Gasteiger partial charge is 0.258 e. The molecule has 0 spiro atoms. The number of carbonyl (C=O) groups excluding carboxylic acids is 1. The molecule has 1 aliphatic heterocycles. The summed E-state index contributed by atoms with van der Waals surface area (Å²) in [6.07, 6.45) is -4.51. The summed E-state index contributed by atoms with van der Waals surface area (Å²) in [5.74, 6) is 0. The number of hydrogen-bond acceptors (Lipinski definition) is 5. The Morgan fingerprint density at radius 1 is 1.19 bits per heavy atom. The zero-order valence-corrected chi connectivity index (χ0v) is 13.9. The molecule has 1 atom stereocenters. The maximum absolute atomic E-state index is 12.8. The molecule has 0 aliphatic carbocycles. The molecule has 0 radical (unpaired) electrons. The van der Waals surface area contributed by atoms with E-state index in [0.29, 0.717) is 11.1 Å². The third kappa shape index (κ3) is 3.36. The summed E-state index contributed by atoms with van der Waals surface area (Å²) < 4.78 is 37.6. The van der Waals surface area contributed by atoms with Gasteiger partial charge < -0.3 is 0 Å². The van der Waals surface area contributed by atoms with Crippen LogP contribution in [0.3, 0.4) is 0 Å². The summed E-state index contributed by atoms with van der Waals surface area (Å²) in [6.45, 7) is 1.48. The second-order valence-electron chi connectivity index (χ2n) is 5.96. The second kappa shape index (κ2) is 6.43. The van der Waals surface area contributed by atoms with Gasteiger partial charge in [-0.2, -0.15) is 18.6 Å². The molecule has 2 aromatic rings. The second-order valence-corrected chi connectivity index (χ2v) is 5.96. The monoisotopic (exact) mass is 380 g/mol. The lowest BCUT2D eigenvalue weighted by atomic mass is 10.1. The third-order valence-corrected chi connectivity index (χ3v) is 4.17. The molecule has 8 nitrogen and oxygen atoms in total. The first kappa shape index (κ1) is 18.5. The Balaban J connectivity index is 2.00. The molecule has 11 heteroatoms. The topological polar surface area (TPSA) is 97.0 Å². The van der Waals surface area contributed by atoms with Crippen molar-refractivity contribution in [3.05, 3.63) is 69.3 Å². The lowest BCUT2D eigenvalue weighted by molar-refractivity contribution is -0.385. The molecule has 1 heterocycles. The standard InChI is InChI=1S/C16H12F3N5O3/c1-10-8-11(2-7-14(10)23(26)27)9-24(15(25)20-21-22-24)13-5-3-12(4-6-13)16(17,18)19/h2-8H,9H2,1H3/p+1. The van der Waals surface area contributed by atoms with Gasteiger partial charge in [-0.3, -0.25) is 10.1 Å². The lowest BCUT2D eigenvalue weighted by Crippen LogP contribution is -2.48. The van der Waals surface area contributed by atoms with Crippen LogP contribution in [0.15, 0.2) is 52.9 Å². The Bertz CT molecular complexity index is 943. The minimum Gasteiger partial charge on any atom is -0.258 e. The van der Waals surface area contributed by atoms with E-state index >= 15 is 0 Å². The molecule has 0 fully saturated rings. The number of nitrogens with zero attached hydrogens (tertiary/aromatic N) is 4. The highest BCUT2D eigenvalue weighted by atomic mass is 19.4. The van der Waals surface area contributed by atoms with E-state index in [-0.39, 0.29) is 17.9 Å². The summed E-state index contributed by atoms with van der Waals surface area (Å²) in [5.41, 5.74) is 2.35. The van der Waals surface area contributed by atoms with E-state index in [0.717, 1.165) is 24.3 Å². The van der Waals surface area contributed by atoms with Crippen molar-refractivity contribution in [2.45, 2.75) is 19.6 Å². The normalized spacial score (nSPS) is 19.2. The number of amides is 2. The number of carbonyl (C=O) groups is 1. The molecule has 0 saturated carbocycles. The fourth-order valence-corrected chi connectivity index (χ4v) is 2.81. The quantitative estimate of drug-likeness (QED) is 0.482. The first-order valence-corrected chi connectivity index (χ1v) is 7.66. The van der Waals surface area contributed by atoms with Crippen LogP contribution in [0.25, 0.3) is 0 Å². The van der Waals surface area contributed by atoms with Crippen molar-refractivity contribution >= 4 is 17.4 Å². The number of alkyl halides is 3. The fourth-order valence-electron chi connectivity index (χ4n) is 2.81. The maximum atomic E-state index is 12.8. The molecule has 1 N–H and O–H groups in total. The maximum Gasteiger partial charge on any atom is 0.471 e. The predicted molar refractivity (Wildman–Crippen MR) is 88.2 cm³/mol. The van der Waals surface area contributed by atoms with Gasteiger partial charge in [-0.05, 0) is 36.4 Å². The number of rotatable bonds is 4. The van der Waals surface area contributed by atoms with Crippen LogP contribution in [0.5, 0.6) is 0 Å². The van der Waals surface area contributed by atoms with Gasteiger partial charge in [0, 0.05) is 29.3 Å². The Kier molecular flexibility index (Phi) is 4.39. The predicted octanol–water partition coefficient (Wildman–Crippen LogP) is 4.43. The van der Waals surface area contributed by atoms with Crippen molar-refractivity contribution in [1.82, 2.24) is 10.0 Å². The number of urea groups is 1. The first-order valence-electron chi connectivity index (χ1n) is 7.66. The number of nitro benzene ring substituents is 1. The molecule has 0 saturated heterocycles. The Labute approximate surface area is 150 Å². The highest BCUT2D eigenvalue weighted by Crippen LogP contribution is 2.35. The van der Waals surface area contributed by atoms with Gasteiger partial charge in [-0.25, -0.2) is 4.79 Å². The Hall–Kier alpha value is -3.34. The average Bonchev–Trinajstić information content (AvgIpc) is 2.95. The van der Waals surface area contributed by atoms with E-state index in [1.165, 1.54) is 18.2 Å². The summed E-state index contributed by atoms with van der Waals surface area (Å²) in [7, 11) is 0. The molecular weight excluding hydrogens is 367 g/mol. The zero-order chi connectivity index (χ0) is 19.8. The van der Waals surface area contributed by atoms with Crippen molar-refractivity contribution in [3.8, 4) is 0 Å². The van der Waals surface area contributed by atoms with Crippen molar-refractivity contribution in [2.75, 3.05) is 0 Å². The highest BCUT2D eigenvalue weighted by Gasteiger charge is 2.46. The van der Waals surface area contributed by atoms with Crippen molar-refractivity contribution in [2.24, 2.45) is 10.4 Å². The van der Waals surface area contributed by atoms with Crippen LogP contribution < -0.4 is 10.0 Å². The van der Waals surface area contributed by atoms with Crippen LogP contribution >= 0.6 is 0 Å². The molecule has 0 aromatic heterocycles. The third-order valence-electron chi connectivity index (χ3n) is 4.17. The molecule has 1 unspecified atom stereocenters. The van der Waals surface area contributed by atoms with Gasteiger partial charge in [0.1, 0.15) is 6.54 Å². The van der Waals surface area contributed by atoms with E-state index in [1.54, 1.807) is 6.92 Å². The van der Waals surface area contributed by atoms with E-state index in [2.05, 4.69) is 15.9 Å². The minimum absolute atomic E-state index is 0.0699. The summed E-state index contributed by atoms with van der Waals surface area (Å²) in [5, 5.41) is 18.3. The molecule has 1 aliphatic rings. The number of nitrogens with one attached hydrogen (secondary N) is 1. The number of nitro groups is 1. The van der Waals surface area contributed by atoms with Gasteiger partial charge in [0.05, 0.1) is 15.7 Å². The largest absolute Gasteiger partial charge is 0.471 e. The lowest BCUT2D eigenvalue weighted by Gasteiger charge is -2.22. The van der Waals surface area contributed by atoms with Gasteiger partial charge in [-0.1, -0.05) is 4.59 Å². The summed E-state index contributed by atoms with van der Waals surface area (Å²) in [4.78, 5) is 22.8. The molecule has 140 valence electrons. The van der Waals surface area contributed by atoms with Gasteiger partial charge in [0.25, 0.3) is 5.69 Å². The zero-order valence-electron chi connectivity index (χ0n) is 13.9. The van der Waals surface area contributed by atoms with E-state index in [9.17, 15) is 28.1 Å².